The van der Waals surface area contributed by atoms with Gasteiger partial charge in [0.05, 0.1) is 6.42 Å². The molecular weight excluding hydrogens is 301 g/mol. The van der Waals surface area contributed by atoms with E-state index in [1.54, 1.807) is 0 Å². The van der Waals surface area contributed by atoms with E-state index in [0.29, 0.717) is 0 Å². The van der Waals surface area contributed by atoms with Crippen LogP contribution in [0.5, 0.6) is 0 Å². The molecule has 0 amide bonds. The van der Waals surface area contributed by atoms with E-state index in [1.807, 2.05) is 0 Å². The van der Waals surface area contributed by atoms with E-state index < -0.39 is 54.6 Å². The Labute approximate surface area is 108 Å². The maximum absolute atomic E-state index is 13.1. The van der Waals surface area contributed by atoms with Crippen molar-refractivity contribution in [2.45, 2.75) is 43.9 Å². The smallest absolute Gasteiger partial charge is 0.459 e. The largest absolute Gasteiger partial charge is 0.462 e. The lowest BCUT2D eigenvalue weighted by molar-refractivity contribution is -0.358. The van der Waals surface area contributed by atoms with E-state index in [1.165, 1.54) is 0 Å². The monoisotopic (exact) mass is 310 g/mol. The summed E-state index contributed by atoms with van der Waals surface area (Å²) in [6, 6.07) is 0. The number of Topliss-reactive ketones (excluding diaryl/α,β-unsaturated/α-hetero) is 1. The fourth-order valence-corrected chi connectivity index (χ4v) is 1.73. The summed E-state index contributed by atoms with van der Waals surface area (Å²) in [4.78, 5) is 22.0. The lowest BCUT2D eigenvalue weighted by Crippen LogP contribution is -2.53. The van der Waals surface area contributed by atoms with Crippen molar-refractivity contribution < 1.29 is 45.1 Å². The van der Waals surface area contributed by atoms with Crippen LogP contribution in [0, 0.1) is 5.92 Å². The molecule has 1 fully saturated rings. The normalized spacial score (nSPS) is 24.7. The molecule has 3 nitrogen and oxygen atoms in total. The van der Waals surface area contributed by atoms with Gasteiger partial charge in [-0.25, -0.2) is 0 Å². The summed E-state index contributed by atoms with van der Waals surface area (Å²) in [6.07, 6.45) is -10.9. The summed E-state index contributed by atoms with van der Waals surface area (Å²) in [5, 5.41) is 0. The van der Waals surface area contributed by atoms with E-state index in [4.69, 9.17) is 0 Å². The van der Waals surface area contributed by atoms with E-state index in [0.717, 1.165) is 6.92 Å². The molecule has 20 heavy (non-hydrogen) atoms. The Balaban J connectivity index is 2.84. The van der Waals surface area contributed by atoms with Crippen LogP contribution < -0.4 is 0 Å². The van der Waals surface area contributed by atoms with Crippen molar-refractivity contribution in [1.29, 1.82) is 0 Å². The van der Waals surface area contributed by atoms with Gasteiger partial charge in [-0.1, -0.05) is 0 Å². The molecule has 0 saturated carbocycles. The van der Waals surface area contributed by atoms with Gasteiger partial charge in [0.2, 0.25) is 0 Å². The predicted molar refractivity (Wildman–Crippen MR) is 49.2 cm³/mol. The van der Waals surface area contributed by atoms with Crippen LogP contribution in [0.25, 0.3) is 0 Å². The minimum Gasteiger partial charge on any atom is -0.462 e. The topological polar surface area (TPSA) is 43.4 Å². The van der Waals surface area contributed by atoms with Crippen molar-refractivity contribution in [1.82, 2.24) is 0 Å². The zero-order valence-corrected chi connectivity index (χ0v) is 9.94. The molecule has 1 aliphatic rings. The first kappa shape index (κ1) is 16.7. The fraction of sp³-hybridized carbons (Fsp3) is 0.800. The number of carbonyl (C=O) groups excluding carboxylic acids is 2. The number of carbonyl (C=O) groups is 2. The number of hydrogen-bond acceptors (Lipinski definition) is 3. The van der Waals surface area contributed by atoms with Gasteiger partial charge in [0.15, 0.2) is 0 Å². The molecular formula is C10H9F7O3. The molecule has 1 heterocycles. The lowest BCUT2D eigenvalue weighted by Gasteiger charge is -2.29. The molecule has 0 aromatic heterocycles. The first-order valence-corrected chi connectivity index (χ1v) is 5.33. The molecule has 0 aromatic rings. The predicted octanol–water partition coefficient (Wildman–Crippen LogP) is 2.73. The van der Waals surface area contributed by atoms with Gasteiger partial charge in [-0.2, -0.15) is 30.7 Å². The molecule has 0 radical (unpaired) electrons. The third-order valence-electron chi connectivity index (χ3n) is 2.86. The molecule has 1 saturated heterocycles. The molecule has 0 N–H and O–H groups in total. The summed E-state index contributed by atoms with van der Waals surface area (Å²) in [6.45, 7) is 0.955. The zero-order valence-electron chi connectivity index (χ0n) is 9.94. The van der Waals surface area contributed by atoms with Crippen molar-refractivity contribution in [2.24, 2.45) is 5.92 Å². The van der Waals surface area contributed by atoms with E-state index in [2.05, 4.69) is 4.74 Å². The molecule has 116 valence electrons. The highest BCUT2D eigenvalue weighted by molar-refractivity contribution is 5.98. The van der Waals surface area contributed by atoms with Crippen molar-refractivity contribution in [3.8, 4) is 0 Å². The molecule has 0 aliphatic carbocycles. The summed E-state index contributed by atoms with van der Waals surface area (Å²) < 4.78 is 91.3. The Hall–Kier alpha value is -1.35. The molecule has 0 aromatic carbocycles. The van der Waals surface area contributed by atoms with Crippen LogP contribution in [0.3, 0.4) is 0 Å². The van der Waals surface area contributed by atoms with Crippen molar-refractivity contribution in [3.05, 3.63) is 0 Å². The Bertz CT molecular complexity index is 416. The van der Waals surface area contributed by atoms with Crippen LogP contribution >= 0.6 is 0 Å². The van der Waals surface area contributed by atoms with E-state index in [9.17, 15) is 40.3 Å². The van der Waals surface area contributed by atoms with Gasteiger partial charge in [-0.05, 0) is 6.92 Å². The number of cyclic esters (lactones) is 1. The highest BCUT2D eigenvalue weighted by Crippen LogP contribution is 2.49. The second-order valence-electron chi connectivity index (χ2n) is 4.44. The van der Waals surface area contributed by atoms with Crippen molar-refractivity contribution in [2.75, 3.05) is 0 Å². The molecule has 1 rings (SSSR count). The first-order valence-electron chi connectivity index (χ1n) is 5.33. The second-order valence-corrected chi connectivity index (χ2v) is 4.44. The van der Waals surface area contributed by atoms with Crippen LogP contribution in [0.4, 0.5) is 30.7 Å². The van der Waals surface area contributed by atoms with Crippen molar-refractivity contribution >= 4 is 11.8 Å². The van der Waals surface area contributed by atoms with Crippen LogP contribution in [-0.4, -0.2) is 35.9 Å². The molecule has 2 unspecified atom stereocenters. The zero-order chi connectivity index (χ0) is 15.9. The minimum absolute atomic E-state index is 0.641. The summed E-state index contributed by atoms with van der Waals surface area (Å²) in [7, 11) is 0. The van der Waals surface area contributed by atoms with Gasteiger partial charge in [0.1, 0.15) is 17.8 Å². The number of rotatable bonds is 4. The Kier molecular flexibility index (Phi) is 4.08. The maximum atomic E-state index is 13.1. The molecule has 0 spiro atoms. The number of ether oxygens (including phenoxy) is 1. The summed E-state index contributed by atoms with van der Waals surface area (Å²) >= 11 is 0. The average molecular weight is 310 g/mol. The van der Waals surface area contributed by atoms with E-state index >= 15 is 0 Å². The Morgan fingerprint density at radius 1 is 1.20 bits per heavy atom. The Morgan fingerprint density at radius 2 is 1.70 bits per heavy atom. The summed E-state index contributed by atoms with van der Waals surface area (Å²) in [5.41, 5.74) is 0. The third-order valence-corrected chi connectivity index (χ3v) is 2.86. The van der Waals surface area contributed by atoms with Gasteiger partial charge in [0.25, 0.3) is 0 Å². The fourth-order valence-electron chi connectivity index (χ4n) is 1.73. The van der Waals surface area contributed by atoms with Crippen LogP contribution in [0.1, 0.15) is 19.8 Å². The quantitative estimate of drug-likeness (QED) is 0.455. The summed E-state index contributed by atoms with van der Waals surface area (Å²) in [5.74, 6) is -15.0. The SMILES string of the molecule is CC(=O)C1CC(CC(F)(F)C(F)(F)C(F)(F)F)OC1=O. The molecule has 2 atom stereocenters. The lowest BCUT2D eigenvalue weighted by atomic mass is 9.96. The minimum atomic E-state index is -6.43. The number of ketones is 1. The van der Waals surface area contributed by atoms with Crippen LogP contribution in [0.2, 0.25) is 0 Å². The van der Waals surface area contributed by atoms with E-state index in [-0.39, 0.29) is 0 Å². The van der Waals surface area contributed by atoms with Gasteiger partial charge < -0.3 is 4.74 Å². The highest BCUT2D eigenvalue weighted by Gasteiger charge is 2.73. The molecule has 0 bridgehead atoms. The number of hydrogen-bond donors (Lipinski definition) is 0. The Morgan fingerprint density at radius 3 is 2.05 bits per heavy atom. The maximum Gasteiger partial charge on any atom is 0.459 e. The van der Waals surface area contributed by atoms with Gasteiger partial charge in [-0.3, -0.25) is 9.59 Å². The second kappa shape index (κ2) is 4.88. The third kappa shape index (κ3) is 2.88. The molecule has 10 heteroatoms. The first-order chi connectivity index (χ1) is 8.79. The van der Waals surface area contributed by atoms with Gasteiger partial charge in [0, 0.05) is 6.42 Å². The van der Waals surface area contributed by atoms with Crippen LogP contribution in [-0.2, 0) is 14.3 Å². The van der Waals surface area contributed by atoms with Gasteiger partial charge >= 0.3 is 24.0 Å². The number of alkyl halides is 7. The molecule has 1 aliphatic heterocycles. The average Bonchev–Trinajstić information content (AvgIpc) is 2.56. The van der Waals surface area contributed by atoms with Crippen molar-refractivity contribution in [3.63, 3.8) is 0 Å². The standard InChI is InChI=1S/C10H9F7O3/c1-4(18)6-2-5(20-7(6)19)3-8(11,12)9(13,14)10(15,16)17/h5-6H,2-3H2,1H3. The van der Waals surface area contributed by atoms with Gasteiger partial charge in [-0.15, -0.1) is 0 Å². The highest BCUT2D eigenvalue weighted by atomic mass is 19.4. The number of esters is 1. The van der Waals surface area contributed by atoms with Crippen LogP contribution in [0.15, 0.2) is 0 Å². The number of halogens is 7.